The van der Waals surface area contributed by atoms with Gasteiger partial charge >= 0.3 is 10.2 Å². The molecule has 1 aromatic carbocycles. The first kappa shape index (κ1) is 14.9. The van der Waals surface area contributed by atoms with E-state index in [1.54, 1.807) is 24.3 Å². The van der Waals surface area contributed by atoms with Crippen molar-refractivity contribution in [1.29, 1.82) is 0 Å². The zero-order chi connectivity index (χ0) is 15.9. The average molecular weight is 345 g/mol. The molecule has 116 valence electrons. The smallest absolute Gasteiger partial charge is 0.278 e. The summed E-state index contributed by atoms with van der Waals surface area (Å²) in [7, 11) is -4.78. The minimum absolute atomic E-state index is 0.00827. The highest BCUT2D eigenvalue weighted by molar-refractivity contribution is 7.87. The van der Waals surface area contributed by atoms with Crippen molar-refractivity contribution >= 4 is 33.7 Å². The third-order valence-electron chi connectivity index (χ3n) is 3.33. The van der Waals surface area contributed by atoms with E-state index in [1.165, 1.54) is 0 Å². The van der Waals surface area contributed by atoms with Crippen molar-refractivity contribution in [3.63, 3.8) is 0 Å². The second-order valence-electron chi connectivity index (χ2n) is 4.77. The van der Waals surface area contributed by atoms with Gasteiger partial charge in [-0.15, -0.1) is 8.98 Å². The number of hydrogen-bond acceptors (Lipinski definition) is 5. The van der Waals surface area contributed by atoms with Crippen LogP contribution in [-0.4, -0.2) is 41.3 Å². The molecule has 2 heterocycles. The molecule has 22 heavy (non-hydrogen) atoms. The van der Waals surface area contributed by atoms with Crippen LogP contribution in [0.1, 0.15) is 6.42 Å². The molecule has 3 rings (SSSR count). The first-order chi connectivity index (χ1) is 10.4. The highest BCUT2D eigenvalue weighted by atomic mass is 35.5. The monoisotopic (exact) mass is 344 g/mol. The van der Waals surface area contributed by atoms with Crippen LogP contribution in [0.25, 0.3) is 11.4 Å². The third kappa shape index (κ3) is 2.69. The van der Waals surface area contributed by atoms with Gasteiger partial charge in [0.2, 0.25) is 5.91 Å². The van der Waals surface area contributed by atoms with E-state index in [-0.39, 0.29) is 12.5 Å². The number of rotatable bonds is 3. The van der Waals surface area contributed by atoms with Gasteiger partial charge in [0.25, 0.3) is 5.95 Å². The summed E-state index contributed by atoms with van der Waals surface area (Å²) >= 11 is 6.04. The van der Waals surface area contributed by atoms with Gasteiger partial charge in [0, 0.05) is 18.5 Å². The van der Waals surface area contributed by atoms with E-state index in [2.05, 4.69) is 15.2 Å². The number of benzene rings is 1. The number of nitrogens with one attached hydrogen (secondary N) is 1. The number of anilines is 1. The van der Waals surface area contributed by atoms with Crippen molar-refractivity contribution in [2.24, 2.45) is 0 Å². The lowest BCUT2D eigenvalue weighted by Crippen LogP contribution is -2.27. The molecule has 1 amide bonds. The van der Waals surface area contributed by atoms with E-state index in [1.807, 2.05) is 0 Å². The largest absolute Gasteiger partial charge is 0.307 e. The Bertz CT molecular complexity index is 838. The molecule has 10 heteroatoms. The number of hydrogen-bond donors (Lipinski definition) is 1. The van der Waals surface area contributed by atoms with E-state index < -0.39 is 27.8 Å². The maximum atomic E-state index is 13.0. The summed E-state index contributed by atoms with van der Waals surface area (Å²) in [6, 6.07) is 6.90. The van der Waals surface area contributed by atoms with Gasteiger partial charge in [0.05, 0.1) is 5.02 Å². The van der Waals surface area contributed by atoms with Gasteiger partial charge in [0.1, 0.15) is 5.25 Å². The normalized spacial score (nSPS) is 18.9. The van der Waals surface area contributed by atoms with Crippen LogP contribution in [0.4, 0.5) is 9.83 Å². The minimum Gasteiger partial charge on any atom is -0.278 e. The van der Waals surface area contributed by atoms with Gasteiger partial charge in [-0.1, -0.05) is 23.7 Å². The molecule has 0 spiro atoms. The number of amides is 1. The van der Waals surface area contributed by atoms with Gasteiger partial charge in [-0.3, -0.25) is 14.8 Å². The van der Waals surface area contributed by atoms with Crippen LogP contribution < -0.4 is 4.90 Å². The lowest BCUT2D eigenvalue weighted by Gasteiger charge is -2.10. The number of halogens is 2. The summed E-state index contributed by atoms with van der Waals surface area (Å²) in [6.07, 6.45) is -0.422. The van der Waals surface area contributed by atoms with Crippen LogP contribution in [0.15, 0.2) is 24.3 Å². The minimum atomic E-state index is -4.78. The van der Waals surface area contributed by atoms with Crippen LogP contribution in [-0.2, 0) is 15.0 Å². The van der Waals surface area contributed by atoms with Crippen LogP contribution in [0.5, 0.6) is 0 Å². The molecule has 1 saturated heterocycles. The number of carbonyl (C=O) groups is 1. The number of nitrogens with zero attached hydrogens (tertiary/aromatic N) is 3. The van der Waals surface area contributed by atoms with Crippen molar-refractivity contribution in [2.75, 3.05) is 11.4 Å². The van der Waals surface area contributed by atoms with Crippen LogP contribution in [0.2, 0.25) is 5.02 Å². The summed E-state index contributed by atoms with van der Waals surface area (Å²) in [5.41, 5.74) is 0.587. The van der Waals surface area contributed by atoms with Crippen molar-refractivity contribution in [1.82, 2.24) is 15.2 Å². The Morgan fingerprint density at radius 1 is 1.36 bits per heavy atom. The van der Waals surface area contributed by atoms with Gasteiger partial charge in [-0.05, 0) is 12.1 Å². The Labute approximate surface area is 130 Å². The predicted molar refractivity (Wildman–Crippen MR) is 77.6 cm³/mol. The first-order valence-corrected chi connectivity index (χ1v) is 8.10. The molecule has 1 fully saturated rings. The number of carbonyl (C=O) groups excluding carboxylic acids is 1. The van der Waals surface area contributed by atoms with Gasteiger partial charge in [-0.2, -0.15) is 13.4 Å². The Kier molecular flexibility index (Phi) is 3.61. The summed E-state index contributed by atoms with van der Waals surface area (Å²) in [5, 5.41) is 5.57. The van der Waals surface area contributed by atoms with Crippen LogP contribution in [0, 0.1) is 0 Å². The molecule has 7 nitrogen and oxygen atoms in total. The molecule has 1 aromatic heterocycles. The molecule has 0 bridgehead atoms. The average Bonchev–Trinajstić information content (AvgIpc) is 3.05. The highest BCUT2D eigenvalue weighted by Crippen LogP contribution is 2.28. The van der Waals surface area contributed by atoms with Crippen molar-refractivity contribution in [2.45, 2.75) is 11.7 Å². The Morgan fingerprint density at radius 2 is 2.09 bits per heavy atom. The van der Waals surface area contributed by atoms with Gasteiger partial charge in [-0.25, -0.2) is 0 Å². The molecule has 1 unspecified atom stereocenters. The topological polar surface area (TPSA) is 96.0 Å². The molecule has 0 saturated carbocycles. The third-order valence-corrected chi connectivity index (χ3v) is 4.77. The van der Waals surface area contributed by atoms with Gasteiger partial charge < -0.3 is 0 Å². The summed E-state index contributed by atoms with van der Waals surface area (Å²) in [6.45, 7) is -0.308. The molecule has 1 aliphatic heterocycles. The molecule has 0 radical (unpaired) electrons. The van der Waals surface area contributed by atoms with Crippen LogP contribution >= 0.6 is 11.6 Å². The molecule has 1 N–H and O–H groups in total. The van der Waals surface area contributed by atoms with E-state index in [0.717, 1.165) is 4.90 Å². The summed E-state index contributed by atoms with van der Waals surface area (Å²) in [4.78, 5) is 17.0. The standard InChI is InChI=1S/C12H10ClFN4O3S/c13-9-4-2-1-3-8(9)11-15-12(17-16-11)18-6-7(5-10(18)19)22(14,20)21/h1-4,7H,5-6H2,(H,15,16,17). The predicted octanol–water partition coefficient (Wildman–Crippen LogP) is 1.53. The Morgan fingerprint density at radius 3 is 2.73 bits per heavy atom. The second kappa shape index (κ2) is 5.33. The van der Waals surface area contributed by atoms with Crippen molar-refractivity contribution in [3.8, 4) is 11.4 Å². The number of H-pyrrole nitrogens is 1. The molecule has 1 atom stereocenters. The maximum absolute atomic E-state index is 13.0. The second-order valence-corrected chi connectivity index (χ2v) is 6.79. The van der Waals surface area contributed by atoms with Crippen molar-refractivity contribution < 1.29 is 17.1 Å². The molecule has 0 aliphatic carbocycles. The highest BCUT2D eigenvalue weighted by Gasteiger charge is 2.40. The lowest BCUT2D eigenvalue weighted by molar-refractivity contribution is -0.117. The lowest BCUT2D eigenvalue weighted by atomic mass is 10.2. The van der Waals surface area contributed by atoms with Gasteiger partial charge in [0.15, 0.2) is 5.82 Å². The van der Waals surface area contributed by atoms with E-state index in [0.29, 0.717) is 16.4 Å². The first-order valence-electron chi connectivity index (χ1n) is 6.27. The quantitative estimate of drug-likeness (QED) is 0.852. The van der Waals surface area contributed by atoms with E-state index in [4.69, 9.17) is 11.6 Å². The van der Waals surface area contributed by atoms with Crippen molar-refractivity contribution in [3.05, 3.63) is 29.3 Å². The summed E-state index contributed by atoms with van der Waals surface area (Å²) < 4.78 is 34.8. The van der Waals surface area contributed by atoms with E-state index >= 15 is 0 Å². The molecular formula is C12H10ClFN4O3S. The fourth-order valence-electron chi connectivity index (χ4n) is 2.20. The molecule has 2 aromatic rings. The zero-order valence-corrected chi connectivity index (χ0v) is 12.6. The fourth-order valence-corrected chi connectivity index (χ4v) is 3.10. The van der Waals surface area contributed by atoms with E-state index in [9.17, 15) is 17.1 Å². The number of aromatic nitrogens is 3. The fraction of sp³-hybridized carbons (Fsp3) is 0.250. The molecular weight excluding hydrogens is 335 g/mol. The summed E-state index contributed by atoms with van der Waals surface area (Å²) in [5.74, 6) is -0.220. The Hall–Kier alpha value is -2.00. The number of aromatic amines is 1. The maximum Gasteiger partial charge on any atom is 0.307 e. The Balaban J connectivity index is 1.89. The molecule has 1 aliphatic rings. The van der Waals surface area contributed by atoms with Crippen LogP contribution in [0.3, 0.4) is 0 Å². The SMILES string of the molecule is O=C1CC(S(=O)(=O)F)CN1c1n[nH]c(-c2ccccc2Cl)n1. The zero-order valence-electron chi connectivity index (χ0n) is 11.0.